The number of nitrogens with one attached hydrogen (secondary N) is 1. The number of halogens is 1. The molecule has 0 saturated heterocycles. The SMILES string of the molecule is CCCCC(CCC)Nc1nc2c(Br)cccn2n1. The topological polar surface area (TPSA) is 42.2 Å². The average Bonchev–Trinajstić information content (AvgIpc) is 2.80. The van der Waals surface area contributed by atoms with Gasteiger partial charge in [-0.2, -0.15) is 4.98 Å². The maximum Gasteiger partial charge on any atom is 0.243 e. The summed E-state index contributed by atoms with van der Waals surface area (Å²) in [6, 6.07) is 4.41. The zero-order valence-electron chi connectivity index (χ0n) is 11.6. The molecular formula is C14H21BrN4. The van der Waals surface area contributed by atoms with Crippen LogP contribution in [0, 0.1) is 0 Å². The van der Waals surface area contributed by atoms with Crippen LogP contribution >= 0.6 is 15.9 Å². The molecule has 1 unspecified atom stereocenters. The molecule has 19 heavy (non-hydrogen) atoms. The number of fused-ring (bicyclic) bond motifs is 1. The number of pyridine rings is 1. The highest BCUT2D eigenvalue weighted by Crippen LogP contribution is 2.18. The maximum atomic E-state index is 4.54. The van der Waals surface area contributed by atoms with Crippen LogP contribution in [0.15, 0.2) is 22.8 Å². The Labute approximate surface area is 122 Å². The van der Waals surface area contributed by atoms with E-state index in [4.69, 9.17) is 0 Å². The number of unbranched alkanes of at least 4 members (excludes halogenated alkanes) is 1. The van der Waals surface area contributed by atoms with Crippen LogP contribution < -0.4 is 5.32 Å². The van der Waals surface area contributed by atoms with Gasteiger partial charge in [0.15, 0.2) is 5.65 Å². The molecule has 2 aromatic heterocycles. The first-order valence-corrected chi connectivity index (χ1v) is 7.81. The normalized spacial score (nSPS) is 12.8. The molecule has 1 N–H and O–H groups in total. The van der Waals surface area contributed by atoms with Gasteiger partial charge in [0.2, 0.25) is 5.95 Å². The van der Waals surface area contributed by atoms with Crippen LogP contribution in [0.25, 0.3) is 5.65 Å². The summed E-state index contributed by atoms with van der Waals surface area (Å²) in [7, 11) is 0. The highest BCUT2D eigenvalue weighted by Gasteiger charge is 2.11. The quantitative estimate of drug-likeness (QED) is 0.827. The number of aromatic nitrogens is 3. The molecule has 0 aliphatic rings. The molecule has 5 heteroatoms. The molecule has 2 aromatic rings. The molecule has 2 rings (SSSR count). The Morgan fingerprint density at radius 3 is 2.84 bits per heavy atom. The van der Waals surface area contributed by atoms with E-state index in [2.05, 4.69) is 45.2 Å². The largest absolute Gasteiger partial charge is 0.350 e. The standard InChI is InChI=1S/C14H21BrN4/c1-3-5-8-11(7-4-2)16-14-17-13-12(15)9-6-10-19(13)18-14/h6,9-11H,3-5,7-8H2,1-2H3,(H,16,18). The van der Waals surface area contributed by atoms with E-state index >= 15 is 0 Å². The van der Waals surface area contributed by atoms with Crippen LogP contribution in [0.3, 0.4) is 0 Å². The van der Waals surface area contributed by atoms with Crippen LogP contribution in [0.4, 0.5) is 5.95 Å². The van der Waals surface area contributed by atoms with E-state index in [-0.39, 0.29) is 0 Å². The lowest BCUT2D eigenvalue weighted by molar-refractivity contribution is 0.561. The molecule has 2 heterocycles. The van der Waals surface area contributed by atoms with E-state index in [1.54, 1.807) is 4.52 Å². The van der Waals surface area contributed by atoms with Crippen LogP contribution in [-0.4, -0.2) is 20.6 Å². The maximum absolute atomic E-state index is 4.54. The number of hydrogen-bond donors (Lipinski definition) is 1. The third-order valence-electron chi connectivity index (χ3n) is 3.19. The number of hydrogen-bond acceptors (Lipinski definition) is 3. The Kier molecular flexibility index (Phi) is 5.19. The van der Waals surface area contributed by atoms with Gasteiger partial charge in [0.1, 0.15) is 0 Å². The predicted octanol–water partition coefficient (Wildman–Crippen LogP) is 4.26. The molecule has 4 nitrogen and oxygen atoms in total. The molecule has 0 aliphatic heterocycles. The fraction of sp³-hybridized carbons (Fsp3) is 0.571. The average molecular weight is 325 g/mol. The minimum atomic E-state index is 0.473. The molecule has 104 valence electrons. The van der Waals surface area contributed by atoms with Crippen molar-refractivity contribution >= 4 is 27.5 Å². The van der Waals surface area contributed by atoms with E-state index in [9.17, 15) is 0 Å². The van der Waals surface area contributed by atoms with Gasteiger partial charge in [0.05, 0.1) is 4.47 Å². The van der Waals surface area contributed by atoms with E-state index in [1.165, 1.54) is 25.7 Å². The summed E-state index contributed by atoms with van der Waals surface area (Å²) in [4.78, 5) is 4.54. The van der Waals surface area contributed by atoms with Crippen molar-refractivity contribution in [1.82, 2.24) is 14.6 Å². The van der Waals surface area contributed by atoms with Crippen LogP contribution in [0.5, 0.6) is 0 Å². The fourth-order valence-electron chi connectivity index (χ4n) is 2.21. The zero-order chi connectivity index (χ0) is 13.7. The van der Waals surface area contributed by atoms with Crippen LogP contribution in [0.1, 0.15) is 46.0 Å². The molecule has 0 spiro atoms. The number of rotatable bonds is 7. The second kappa shape index (κ2) is 6.89. The van der Waals surface area contributed by atoms with Gasteiger partial charge in [0, 0.05) is 12.2 Å². The molecule has 0 saturated carbocycles. The summed E-state index contributed by atoms with van der Waals surface area (Å²) in [6.45, 7) is 4.44. The third kappa shape index (κ3) is 3.69. The second-order valence-electron chi connectivity index (χ2n) is 4.83. The minimum absolute atomic E-state index is 0.473. The van der Waals surface area contributed by atoms with Gasteiger partial charge in [-0.15, -0.1) is 5.10 Å². The van der Waals surface area contributed by atoms with Gasteiger partial charge in [0.25, 0.3) is 0 Å². The van der Waals surface area contributed by atoms with E-state index < -0.39 is 0 Å². The van der Waals surface area contributed by atoms with Crippen molar-refractivity contribution in [2.24, 2.45) is 0 Å². The lowest BCUT2D eigenvalue weighted by Crippen LogP contribution is -2.20. The van der Waals surface area contributed by atoms with E-state index in [1.807, 2.05) is 18.3 Å². The molecule has 0 radical (unpaired) electrons. The van der Waals surface area contributed by atoms with Crippen molar-refractivity contribution in [1.29, 1.82) is 0 Å². The highest BCUT2D eigenvalue weighted by molar-refractivity contribution is 9.10. The van der Waals surface area contributed by atoms with Crippen LogP contribution in [-0.2, 0) is 0 Å². The Morgan fingerprint density at radius 1 is 1.32 bits per heavy atom. The Balaban J connectivity index is 2.12. The molecule has 0 amide bonds. The first-order chi connectivity index (χ1) is 9.24. The number of nitrogens with zero attached hydrogens (tertiary/aromatic N) is 3. The van der Waals surface area contributed by atoms with Gasteiger partial charge in [-0.05, 0) is 40.9 Å². The second-order valence-corrected chi connectivity index (χ2v) is 5.69. The first-order valence-electron chi connectivity index (χ1n) is 7.02. The third-order valence-corrected chi connectivity index (χ3v) is 3.81. The smallest absolute Gasteiger partial charge is 0.243 e. The molecule has 1 atom stereocenters. The van der Waals surface area contributed by atoms with Gasteiger partial charge in [-0.1, -0.05) is 33.1 Å². The van der Waals surface area contributed by atoms with Crippen molar-refractivity contribution < 1.29 is 0 Å². The molecule has 0 fully saturated rings. The summed E-state index contributed by atoms with van der Waals surface area (Å²) in [5.74, 6) is 0.724. The molecular weight excluding hydrogens is 304 g/mol. The van der Waals surface area contributed by atoms with Gasteiger partial charge in [-0.3, -0.25) is 0 Å². The predicted molar refractivity (Wildman–Crippen MR) is 82.5 cm³/mol. The van der Waals surface area contributed by atoms with Gasteiger partial charge in [-0.25, -0.2) is 4.52 Å². The summed E-state index contributed by atoms with van der Waals surface area (Å²) in [5.41, 5.74) is 0.857. The highest BCUT2D eigenvalue weighted by atomic mass is 79.9. The summed E-state index contributed by atoms with van der Waals surface area (Å²) in [6.07, 6.45) is 7.91. The monoisotopic (exact) mass is 324 g/mol. The van der Waals surface area contributed by atoms with Crippen LogP contribution in [0.2, 0.25) is 0 Å². The Morgan fingerprint density at radius 2 is 2.16 bits per heavy atom. The first kappa shape index (κ1) is 14.3. The molecule has 0 aliphatic carbocycles. The zero-order valence-corrected chi connectivity index (χ0v) is 13.2. The lowest BCUT2D eigenvalue weighted by atomic mass is 10.1. The summed E-state index contributed by atoms with van der Waals surface area (Å²) >= 11 is 3.50. The van der Waals surface area contributed by atoms with Crippen molar-refractivity contribution in [3.05, 3.63) is 22.8 Å². The summed E-state index contributed by atoms with van der Waals surface area (Å²) < 4.78 is 2.77. The molecule has 0 aromatic carbocycles. The van der Waals surface area contributed by atoms with Gasteiger partial charge < -0.3 is 5.32 Å². The summed E-state index contributed by atoms with van der Waals surface area (Å²) in [5, 5.41) is 7.94. The van der Waals surface area contributed by atoms with E-state index in [0.29, 0.717) is 6.04 Å². The Bertz CT molecular complexity index is 523. The number of anilines is 1. The van der Waals surface area contributed by atoms with Gasteiger partial charge >= 0.3 is 0 Å². The van der Waals surface area contributed by atoms with Crippen molar-refractivity contribution in [3.63, 3.8) is 0 Å². The Hall–Kier alpha value is -1.10. The van der Waals surface area contributed by atoms with Crippen molar-refractivity contribution in [3.8, 4) is 0 Å². The lowest BCUT2D eigenvalue weighted by Gasteiger charge is -2.16. The van der Waals surface area contributed by atoms with Crippen molar-refractivity contribution in [2.75, 3.05) is 5.32 Å². The van der Waals surface area contributed by atoms with E-state index in [0.717, 1.165) is 22.5 Å². The van der Waals surface area contributed by atoms with Crippen molar-refractivity contribution in [2.45, 2.75) is 52.0 Å². The minimum Gasteiger partial charge on any atom is -0.350 e. The molecule has 0 bridgehead atoms. The fourth-order valence-corrected chi connectivity index (χ4v) is 2.63.